The Kier molecular flexibility index (Phi) is 5.58. The third-order valence-corrected chi connectivity index (χ3v) is 5.63. The fourth-order valence-electron chi connectivity index (χ4n) is 4.36. The Morgan fingerprint density at radius 1 is 1.25 bits per heavy atom. The van der Waals surface area contributed by atoms with Gasteiger partial charge < -0.3 is 9.52 Å². The molecule has 0 fully saturated rings. The number of hydrogen-bond donors (Lipinski definition) is 1. The Bertz CT molecular complexity index is 1190. The molecular formula is C24H21F4NO3. The topological polar surface area (TPSA) is 53.7 Å². The summed E-state index contributed by atoms with van der Waals surface area (Å²) >= 11 is 0. The van der Waals surface area contributed by atoms with Crippen molar-refractivity contribution in [1.29, 1.82) is 0 Å². The summed E-state index contributed by atoms with van der Waals surface area (Å²) in [5.74, 6) is -6.07. The number of alkyl halides is 2. The van der Waals surface area contributed by atoms with Gasteiger partial charge in [0, 0.05) is 35.6 Å². The molecule has 2 aromatic carbocycles. The first-order valence-electron chi connectivity index (χ1n) is 10.1. The van der Waals surface area contributed by atoms with Gasteiger partial charge in [-0.15, -0.1) is 0 Å². The molecule has 0 amide bonds. The Hall–Kier alpha value is -3.13. The molecule has 8 heteroatoms. The summed E-state index contributed by atoms with van der Waals surface area (Å²) in [5.41, 5.74) is 0.852. The molecular weight excluding hydrogens is 426 g/mol. The fraction of sp³-hybridized carbons (Fsp3) is 0.292. The number of rotatable bonds is 5. The zero-order valence-electron chi connectivity index (χ0n) is 17.4. The van der Waals surface area contributed by atoms with Crippen LogP contribution in [0.15, 0.2) is 46.9 Å². The molecule has 0 aliphatic carbocycles. The highest BCUT2D eigenvalue weighted by Gasteiger charge is 2.43. The second kappa shape index (κ2) is 8.09. The monoisotopic (exact) mass is 447 g/mol. The number of carboxylic acid groups (broad SMARTS) is 1. The number of halogens is 4. The minimum Gasteiger partial charge on any atom is -0.478 e. The molecule has 168 valence electrons. The number of furan rings is 1. The molecule has 0 spiro atoms. The normalized spacial score (nSPS) is 19.6. The molecule has 0 saturated heterocycles. The molecule has 1 aromatic heterocycles. The number of aliphatic carboxylic acids is 1. The van der Waals surface area contributed by atoms with Gasteiger partial charge in [-0.1, -0.05) is 18.2 Å². The maximum absolute atomic E-state index is 15.2. The third kappa shape index (κ3) is 4.14. The smallest absolute Gasteiger partial charge is 0.328 e. The van der Waals surface area contributed by atoms with Gasteiger partial charge in [-0.25, -0.2) is 22.4 Å². The average molecular weight is 447 g/mol. The maximum atomic E-state index is 15.2. The zero-order chi connectivity index (χ0) is 23.2. The first kappa shape index (κ1) is 22.1. The summed E-state index contributed by atoms with van der Waals surface area (Å²) in [5, 5.41) is 9.54. The largest absolute Gasteiger partial charge is 0.478 e. The van der Waals surface area contributed by atoms with Gasteiger partial charge in [0.25, 0.3) is 5.92 Å². The van der Waals surface area contributed by atoms with Gasteiger partial charge in [0.2, 0.25) is 0 Å². The van der Waals surface area contributed by atoms with Gasteiger partial charge >= 0.3 is 5.97 Å². The highest BCUT2D eigenvalue weighted by molar-refractivity contribution is 5.85. The van der Waals surface area contributed by atoms with E-state index in [9.17, 15) is 13.6 Å². The molecule has 4 nitrogen and oxygen atoms in total. The number of nitrogens with zero attached hydrogens (tertiary/aromatic N) is 1. The highest BCUT2D eigenvalue weighted by atomic mass is 19.3. The van der Waals surface area contributed by atoms with Crippen LogP contribution in [0.1, 0.15) is 42.3 Å². The van der Waals surface area contributed by atoms with Gasteiger partial charge in [-0.2, -0.15) is 0 Å². The molecule has 2 atom stereocenters. The summed E-state index contributed by atoms with van der Waals surface area (Å²) in [6.07, 6.45) is 2.21. The van der Waals surface area contributed by atoms with Crippen LogP contribution in [0.2, 0.25) is 0 Å². The Morgan fingerprint density at radius 3 is 2.53 bits per heavy atom. The standard InChI is InChI=1S/C24H21F4NO3/c1-13-9-16-15-5-3-4-6-19(15)32-23(16)22(29(13)12-24(2,27)28)21-17(25)10-14(11-18(21)26)7-8-20(30)31/h3-8,10-11,13,22H,9,12H2,1-2H3,(H,30,31)/b8-7+. The van der Waals surface area contributed by atoms with Crippen LogP contribution in [-0.4, -0.2) is 34.5 Å². The lowest BCUT2D eigenvalue weighted by molar-refractivity contribution is -0.131. The Balaban J connectivity index is 1.92. The van der Waals surface area contributed by atoms with Crippen molar-refractivity contribution >= 4 is 23.0 Å². The van der Waals surface area contributed by atoms with E-state index in [0.29, 0.717) is 12.0 Å². The van der Waals surface area contributed by atoms with Crippen LogP contribution < -0.4 is 0 Å². The third-order valence-electron chi connectivity index (χ3n) is 5.63. The second-order valence-corrected chi connectivity index (χ2v) is 8.21. The molecule has 4 rings (SSSR count). The van der Waals surface area contributed by atoms with E-state index in [1.54, 1.807) is 19.1 Å². The van der Waals surface area contributed by atoms with E-state index >= 15 is 8.78 Å². The van der Waals surface area contributed by atoms with Crippen molar-refractivity contribution in [2.75, 3.05) is 6.54 Å². The molecule has 0 saturated carbocycles. The van der Waals surface area contributed by atoms with Crippen molar-refractivity contribution in [2.45, 2.75) is 38.3 Å². The van der Waals surface area contributed by atoms with Crippen LogP contribution in [0, 0.1) is 11.6 Å². The summed E-state index contributed by atoms with van der Waals surface area (Å²) in [6, 6.07) is 7.46. The Labute approximate surface area is 181 Å². The summed E-state index contributed by atoms with van der Waals surface area (Å²) < 4.78 is 64.5. The number of hydrogen-bond acceptors (Lipinski definition) is 3. The fourth-order valence-corrected chi connectivity index (χ4v) is 4.36. The number of benzene rings is 2. The van der Waals surface area contributed by atoms with Gasteiger partial charge in [-0.05, 0) is 43.2 Å². The predicted octanol–water partition coefficient (Wildman–Crippen LogP) is 5.80. The Morgan fingerprint density at radius 2 is 1.91 bits per heavy atom. The first-order chi connectivity index (χ1) is 15.0. The molecule has 3 aromatic rings. The quantitative estimate of drug-likeness (QED) is 0.397. The minimum atomic E-state index is -3.10. The minimum absolute atomic E-state index is 0.00667. The van der Waals surface area contributed by atoms with E-state index in [0.717, 1.165) is 42.2 Å². The van der Waals surface area contributed by atoms with Crippen LogP contribution in [0.5, 0.6) is 0 Å². The number of carbonyl (C=O) groups is 1. The van der Waals surface area contributed by atoms with E-state index in [1.807, 2.05) is 12.1 Å². The zero-order valence-corrected chi connectivity index (χ0v) is 17.4. The van der Waals surface area contributed by atoms with Gasteiger partial charge in [0.05, 0.1) is 6.54 Å². The van der Waals surface area contributed by atoms with E-state index in [1.165, 1.54) is 4.90 Å². The molecule has 1 N–H and O–H groups in total. The molecule has 32 heavy (non-hydrogen) atoms. The van der Waals surface area contributed by atoms with Crippen LogP contribution in [0.4, 0.5) is 17.6 Å². The maximum Gasteiger partial charge on any atom is 0.328 e. The van der Waals surface area contributed by atoms with E-state index in [2.05, 4.69) is 0 Å². The molecule has 1 aliphatic heterocycles. The van der Waals surface area contributed by atoms with Gasteiger partial charge in [0.15, 0.2) is 0 Å². The first-order valence-corrected chi connectivity index (χ1v) is 10.1. The lowest BCUT2D eigenvalue weighted by Gasteiger charge is -2.41. The van der Waals surface area contributed by atoms with Crippen LogP contribution >= 0.6 is 0 Å². The molecule has 2 unspecified atom stereocenters. The van der Waals surface area contributed by atoms with Gasteiger partial charge in [-0.3, -0.25) is 4.90 Å². The summed E-state index contributed by atoms with van der Waals surface area (Å²) in [6.45, 7) is 1.79. The van der Waals surface area contributed by atoms with Crippen LogP contribution in [0.25, 0.3) is 17.0 Å². The summed E-state index contributed by atoms with van der Waals surface area (Å²) in [7, 11) is 0. The second-order valence-electron chi connectivity index (χ2n) is 8.21. The molecule has 0 radical (unpaired) electrons. The molecule has 2 heterocycles. The number of carboxylic acids is 1. The van der Waals surface area contributed by atoms with Crippen molar-refractivity contribution in [3.8, 4) is 0 Å². The lowest BCUT2D eigenvalue weighted by atomic mass is 9.88. The molecule has 1 aliphatic rings. The SMILES string of the molecule is CC1Cc2c(oc3ccccc23)C(c2c(F)cc(/C=C/C(=O)O)cc2F)N1CC(C)(F)F. The number of para-hydroxylation sites is 1. The summed E-state index contributed by atoms with van der Waals surface area (Å²) in [4.78, 5) is 12.1. The lowest BCUT2D eigenvalue weighted by Crippen LogP contribution is -2.47. The average Bonchev–Trinajstić information content (AvgIpc) is 3.05. The van der Waals surface area contributed by atoms with Crippen LogP contribution in [0.3, 0.4) is 0 Å². The van der Waals surface area contributed by atoms with Crippen molar-refractivity contribution < 1.29 is 31.9 Å². The van der Waals surface area contributed by atoms with E-state index in [-0.39, 0.29) is 11.3 Å². The van der Waals surface area contributed by atoms with Gasteiger partial charge in [0.1, 0.15) is 29.0 Å². The van der Waals surface area contributed by atoms with E-state index < -0.39 is 47.7 Å². The highest BCUT2D eigenvalue weighted by Crippen LogP contribution is 2.45. The van der Waals surface area contributed by atoms with E-state index in [4.69, 9.17) is 9.52 Å². The van der Waals surface area contributed by atoms with Crippen molar-refractivity contribution in [1.82, 2.24) is 4.90 Å². The van der Waals surface area contributed by atoms with Crippen LogP contribution in [-0.2, 0) is 11.2 Å². The number of fused-ring (bicyclic) bond motifs is 3. The van der Waals surface area contributed by atoms with Crippen molar-refractivity contribution in [3.63, 3.8) is 0 Å². The predicted molar refractivity (Wildman–Crippen MR) is 112 cm³/mol. The van der Waals surface area contributed by atoms with Crippen molar-refractivity contribution in [2.24, 2.45) is 0 Å². The molecule has 0 bridgehead atoms. The van der Waals surface area contributed by atoms with Crippen molar-refractivity contribution in [3.05, 3.63) is 76.6 Å².